The van der Waals surface area contributed by atoms with Gasteiger partial charge in [-0.1, -0.05) is 30.4 Å². The maximum atomic E-state index is 10.9. The predicted octanol–water partition coefficient (Wildman–Crippen LogP) is 2.68. The molecule has 1 aromatic carbocycles. The van der Waals surface area contributed by atoms with Crippen molar-refractivity contribution in [3.05, 3.63) is 59.3 Å². The number of para-hydroxylation sites is 1. The first-order valence-electron chi connectivity index (χ1n) is 6.43. The van der Waals surface area contributed by atoms with Gasteiger partial charge in [0.1, 0.15) is 11.8 Å². The molecule has 0 fully saturated rings. The van der Waals surface area contributed by atoms with Gasteiger partial charge in [-0.05, 0) is 37.1 Å². The summed E-state index contributed by atoms with van der Waals surface area (Å²) in [6.45, 7) is 1.60. The monoisotopic (exact) mass is 271 g/mol. The molecule has 4 heteroatoms. The highest BCUT2D eigenvalue weighted by Gasteiger charge is 2.15. The van der Waals surface area contributed by atoms with Gasteiger partial charge < -0.3 is 15.5 Å². The number of allylic oxidation sites excluding steroid dienone is 4. The number of nitrogens with one attached hydrogen (secondary N) is 1. The predicted molar refractivity (Wildman–Crippen MR) is 78.2 cm³/mol. The van der Waals surface area contributed by atoms with Gasteiger partial charge in [0.15, 0.2) is 0 Å². The minimum absolute atomic E-state index is 0.209. The van der Waals surface area contributed by atoms with Crippen molar-refractivity contribution in [1.82, 2.24) is 5.32 Å². The van der Waals surface area contributed by atoms with Crippen LogP contribution in [0.4, 0.5) is 0 Å². The highest BCUT2D eigenvalue weighted by molar-refractivity contribution is 5.74. The second-order valence-corrected chi connectivity index (χ2v) is 4.65. The van der Waals surface area contributed by atoms with E-state index < -0.39 is 12.0 Å². The van der Waals surface area contributed by atoms with E-state index in [1.165, 1.54) is 0 Å². The van der Waals surface area contributed by atoms with E-state index in [0.717, 1.165) is 11.3 Å². The second-order valence-electron chi connectivity index (χ2n) is 4.65. The Hall–Kier alpha value is -2.49. The molecule has 1 atom stereocenters. The zero-order valence-corrected chi connectivity index (χ0v) is 11.2. The molecule has 0 bridgehead atoms. The molecule has 20 heavy (non-hydrogen) atoms. The van der Waals surface area contributed by atoms with Crippen molar-refractivity contribution < 1.29 is 15.0 Å². The average Bonchev–Trinajstić information content (AvgIpc) is 2.43. The zero-order chi connectivity index (χ0) is 14.5. The summed E-state index contributed by atoms with van der Waals surface area (Å²) in [5, 5.41) is 21.7. The maximum Gasteiger partial charge on any atom is 0.325 e. The SMILES string of the molecule is C[C@H](NC1=CC=CCC1=Cc1ccccc1O)C(=O)O. The summed E-state index contributed by atoms with van der Waals surface area (Å²) in [6.07, 6.45) is 8.28. The molecule has 2 rings (SSSR count). The summed E-state index contributed by atoms with van der Waals surface area (Å²) >= 11 is 0. The number of rotatable bonds is 4. The number of carboxylic acids is 1. The Kier molecular flexibility index (Phi) is 4.25. The van der Waals surface area contributed by atoms with Crippen LogP contribution in [-0.4, -0.2) is 22.2 Å². The molecule has 1 aliphatic rings. The minimum Gasteiger partial charge on any atom is -0.507 e. The van der Waals surface area contributed by atoms with E-state index in [4.69, 9.17) is 5.11 Å². The van der Waals surface area contributed by atoms with E-state index in [2.05, 4.69) is 5.32 Å². The fourth-order valence-electron chi connectivity index (χ4n) is 1.95. The summed E-state index contributed by atoms with van der Waals surface area (Å²) in [7, 11) is 0. The van der Waals surface area contributed by atoms with Crippen LogP contribution in [0.2, 0.25) is 0 Å². The number of phenolic OH excluding ortho intramolecular Hbond substituents is 1. The van der Waals surface area contributed by atoms with Crippen LogP contribution in [0.25, 0.3) is 6.08 Å². The molecule has 0 aliphatic heterocycles. The molecule has 0 aromatic heterocycles. The largest absolute Gasteiger partial charge is 0.507 e. The molecule has 0 saturated heterocycles. The topological polar surface area (TPSA) is 69.6 Å². The third kappa shape index (κ3) is 3.29. The maximum absolute atomic E-state index is 10.9. The van der Waals surface area contributed by atoms with E-state index in [1.54, 1.807) is 19.1 Å². The van der Waals surface area contributed by atoms with Crippen molar-refractivity contribution in [2.24, 2.45) is 0 Å². The van der Waals surface area contributed by atoms with Gasteiger partial charge in [0.2, 0.25) is 0 Å². The molecule has 0 amide bonds. The lowest BCUT2D eigenvalue weighted by molar-refractivity contribution is -0.138. The first-order chi connectivity index (χ1) is 9.58. The van der Waals surface area contributed by atoms with Crippen molar-refractivity contribution in [3.63, 3.8) is 0 Å². The molecule has 0 radical (unpaired) electrons. The summed E-state index contributed by atoms with van der Waals surface area (Å²) in [5.41, 5.74) is 2.43. The molecule has 104 valence electrons. The number of hydrogen-bond donors (Lipinski definition) is 3. The van der Waals surface area contributed by atoms with E-state index >= 15 is 0 Å². The average molecular weight is 271 g/mol. The van der Waals surface area contributed by atoms with Crippen LogP contribution in [0.5, 0.6) is 5.75 Å². The molecule has 1 aliphatic carbocycles. The highest BCUT2D eigenvalue weighted by atomic mass is 16.4. The number of carbonyl (C=O) groups is 1. The van der Waals surface area contributed by atoms with Gasteiger partial charge in [0.05, 0.1) is 0 Å². The standard InChI is InChI=1S/C16H17NO3/c1-11(16(19)20)17-14-8-4-2-6-12(14)10-13-7-3-5-9-15(13)18/h2-5,7-11,17-18H,6H2,1H3,(H,19,20)/t11-/m0/s1. The van der Waals surface area contributed by atoms with Crippen molar-refractivity contribution >= 4 is 12.0 Å². The number of aliphatic carboxylic acids is 1. The van der Waals surface area contributed by atoms with Crippen molar-refractivity contribution in [2.45, 2.75) is 19.4 Å². The summed E-state index contributed by atoms with van der Waals surface area (Å²) in [5.74, 6) is -0.692. The Labute approximate surface area is 117 Å². The van der Waals surface area contributed by atoms with E-state index in [0.29, 0.717) is 12.0 Å². The third-order valence-corrected chi connectivity index (χ3v) is 3.09. The minimum atomic E-state index is -0.901. The van der Waals surface area contributed by atoms with Crippen LogP contribution in [0.1, 0.15) is 18.9 Å². The molecule has 0 spiro atoms. The molecule has 0 unspecified atom stereocenters. The fourth-order valence-corrected chi connectivity index (χ4v) is 1.95. The van der Waals surface area contributed by atoms with Crippen LogP contribution >= 0.6 is 0 Å². The van der Waals surface area contributed by atoms with Gasteiger partial charge in [-0.15, -0.1) is 0 Å². The Morgan fingerprint density at radius 1 is 1.40 bits per heavy atom. The second kappa shape index (κ2) is 6.10. The number of aromatic hydroxyl groups is 1. The van der Waals surface area contributed by atoms with Gasteiger partial charge in [-0.3, -0.25) is 4.79 Å². The summed E-state index contributed by atoms with van der Waals surface area (Å²) in [4.78, 5) is 10.9. The first-order valence-corrected chi connectivity index (χ1v) is 6.43. The quantitative estimate of drug-likeness (QED) is 0.787. The summed E-state index contributed by atoms with van der Waals surface area (Å²) < 4.78 is 0. The fraction of sp³-hybridized carbons (Fsp3) is 0.188. The lowest BCUT2D eigenvalue weighted by Gasteiger charge is -2.19. The number of phenols is 1. The number of carboxylic acid groups (broad SMARTS) is 1. The van der Waals surface area contributed by atoms with Gasteiger partial charge in [0.25, 0.3) is 0 Å². The molecule has 0 heterocycles. The molecule has 3 N–H and O–H groups in total. The van der Waals surface area contributed by atoms with Gasteiger partial charge in [0, 0.05) is 11.3 Å². The molecule has 0 saturated carbocycles. The van der Waals surface area contributed by atoms with E-state index in [-0.39, 0.29) is 5.75 Å². The van der Waals surface area contributed by atoms with Crippen LogP contribution in [0.3, 0.4) is 0 Å². The first kappa shape index (κ1) is 13.9. The van der Waals surface area contributed by atoms with Crippen LogP contribution in [0.15, 0.2) is 53.8 Å². The van der Waals surface area contributed by atoms with Gasteiger partial charge in [-0.2, -0.15) is 0 Å². The molecular formula is C16H17NO3. The Morgan fingerprint density at radius 2 is 2.15 bits per heavy atom. The van der Waals surface area contributed by atoms with Crippen LogP contribution in [0, 0.1) is 0 Å². The van der Waals surface area contributed by atoms with Crippen molar-refractivity contribution in [3.8, 4) is 5.75 Å². The molecule has 4 nitrogen and oxygen atoms in total. The van der Waals surface area contributed by atoms with Crippen LogP contribution in [-0.2, 0) is 4.79 Å². The lowest BCUT2D eigenvalue weighted by Crippen LogP contribution is -2.33. The zero-order valence-electron chi connectivity index (χ0n) is 11.2. The Bertz CT molecular complexity index is 599. The van der Waals surface area contributed by atoms with Gasteiger partial charge in [-0.25, -0.2) is 0 Å². The van der Waals surface area contributed by atoms with Crippen molar-refractivity contribution in [2.75, 3.05) is 0 Å². The van der Waals surface area contributed by atoms with E-state index in [1.807, 2.05) is 36.4 Å². The van der Waals surface area contributed by atoms with Crippen molar-refractivity contribution in [1.29, 1.82) is 0 Å². The summed E-state index contributed by atoms with van der Waals surface area (Å²) in [6, 6.07) is 6.39. The Morgan fingerprint density at radius 3 is 2.85 bits per heavy atom. The lowest BCUT2D eigenvalue weighted by atomic mass is 10.00. The van der Waals surface area contributed by atoms with E-state index in [9.17, 15) is 9.90 Å². The molecular weight excluding hydrogens is 254 g/mol. The number of benzene rings is 1. The molecule has 1 aromatic rings. The van der Waals surface area contributed by atoms with Crippen LogP contribution < -0.4 is 5.32 Å². The normalized spacial score (nSPS) is 17.6. The Balaban J connectivity index is 2.26. The third-order valence-electron chi connectivity index (χ3n) is 3.09. The highest BCUT2D eigenvalue weighted by Crippen LogP contribution is 2.25. The van der Waals surface area contributed by atoms with Gasteiger partial charge >= 0.3 is 5.97 Å². The number of hydrogen-bond acceptors (Lipinski definition) is 3. The smallest absolute Gasteiger partial charge is 0.325 e.